The number of hydrogen-bond acceptors (Lipinski definition) is 4. The molecule has 19 heavy (non-hydrogen) atoms. The Morgan fingerprint density at radius 1 is 1.26 bits per heavy atom. The number of esters is 1. The zero-order valence-electron chi connectivity index (χ0n) is 12.9. The first kappa shape index (κ1) is 16.4. The summed E-state index contributed by atoms with van der Waals surface area (Å²) in [5.41, 5.74) is -0.178. The molecule has 0 aromatic heterocycles. The number of carbonyl (C=O) groups is 1. The van der Waals surface area contributed by atoms with E-state index in [4.69, 9.17) is 9.47 Å². The van der Waals surface area contributed by atoms with Crippen molar-refractivity contribution in [2.45, 2.75) is 64.5 Å². The van der Waals surface area contributed by atoms with Crippen molar-refractivity contribution in [3.63, 3.8) is 0 Å². The van der Waals surface area contributed by atoms with Gasteiger partial charge in [0.1, 0.15) is 0 Å². The molecule has 4 nitrogen and oxygen atoms in total. The predicted octanol–water partition coefficient (Wildman–Crippen LogP) is 2.61. The Labute approximate surface area is 117 Å². The standard InChI is InChI=1S/C15H29NO3/c1-5-16(6-2)15(12-14(17)19-7-3)11-9-8-10-13(15)18-4/h13H,5-12H2,1-4H3. The summed E-state index contributed by atoms with van der Waals surface area (Å²) in [6, 6.07) is 0. The zero-order valence-corrected chi connectivity index (χ0v) is 12.9. The Morgan fingerprint density at radius 3 is 2.47 bits per heavy atom. The Balaban J connectivity index is 2.96. The van der Waals surface area contributed by atoms with Gasteiger partial charge in [0.25, 0.3) is 0 Å². The molecular formula is C15H29NO3. The van der Waals surface area contributed by atoms with Crippen LogP contribution >= 0.6 is 0 Å². The van der Waals surface area contributed by atoms with Gasteiger partial charge in [0, 0.05) is 7.11 Å². The van der Waals surface area contributed by atoms with Crippen LogP contribution in [0.1, 0.15) is 52.9 Å². The largest absolute Gasteiger partial charge is 0.466 e. The van der Waals surface area contributed by atoms with Gasteiger partial charge in [-0.3, -0.25) is 9.69 Å². The van der Waals surface area contributed by atoms with Crippen LogP contribution in [0.3, 0.4) is 0 Å². The average Bonchev–Trinajstić information content (AvgIpc) is 2.40. The normalized spacial score (nSPS) is 27.5. The van der Waals surface area contributed by atoms with Crippen LogP contribution in [0.25, 0.3) is 0 Å². The second-order valence-corrected chi connectivity index (χ2v) is 5.23. The minimum Gasteiger partial charge on any atom is -0.466 e. The fraction of sp³-hybridized carbons (Fsp3) is 0.933. The van der Waals surface area contributed by atoms with E-state index >= 15 is 0 Å². The van der Waals surface area contributed by atoms with E-state index in [0.717, 1.165) is 32.4 Å². The summed E-state index contributed by atoms with van der Waals surface area (Å²) in [6.07, 6.45) is 4.98. The highest BCUT2D eigenvalue weighted by Crippen LogP contribution is 2.38. The van der Waals surface area contributed by atoms with Gasteiger partial charge in [-0.25, -0.2) is 0 Å². The fourth-order valence-corrected chi connectivity index (χ4v) is 3.52. The molecule has 1 saturated carbocycles. The highest BCUT2D eigenvalue weighted by Gasteiger charge is 2.46. The minimum absolute atomic E-state index is 0.0988. The molecule has 0 N–H and O–H groups in total. The van der Waals surface area contributed by atoms with Crippen LogP contribution in [-0.4, -0.2) is 49.3 Å². The lowest BCUT2D eigenvalue weighted by Gasteiger charge is -2.49. The number of ether oxygens (including phenoxy) is 2. The van der Waals surface area contributed by atoms with Gasteiger partial charge < -0.3 is 9.47 Å². The lowest BCUT2D eigenvalue weighted by atomic mass is 9.75. The fourth-order valence-electron chi connectivity index (χ4n) is 3.52. The van der Waals surface area contributed by atoms with E-state index < -0.39 is 0 Å². The molecule has 0 bridgehead atoms. The molecule has 0 aromatic rings. The van der Waals surface area contributed by atoms with Crippen molar-refractivity contribution < 1.29 is 14.3 Å². The van der Waals surface area contributed by atoms with Crippen LogP contribution in [0.2, 0.25) is 0 Å². The van der Waals surface area contributed by atoms with E-state index in [9.17, 15) is 4.79 Å². The monoisotopic (exact) mass is 271 g/mol. The average molecular weight is 271 g/mol. The molecule has 0 saturated heterocycles. The lowest BCUT2D eigenvalue weighted by Crippen LogP contribution is -2.59. The molecule has 1 aliphatic carbocycles. The number of nitrogens with zero attached hydrogens (tertiary/aromatic N) is 1. The van der Waals surface area contributed by atoms with Crippen LogP contribution in [0.15, 0.2) is 0 Å². The molecule has 2 atom stereocenters. The van der Waals surface area contributed by atoms with Crippen LogP contribution in [0, 0.1) is 0 Å². The Bertz CT molecular complexity index is 269. The topological polar surface area (TPSA) is 38.8 Å². The second-order valence-electron chi connectivity index (χ2n) is 5.23. The van der Waals surface area contributed by atoms with Gasteiger partial charge in [-0.05, 0) is 32.9 Å². The summed E-state index contributed by atoms with van der Waals surface area (Å²) in [7, 11) is 1.76. The van der Waals surface area contributed by atoms with E-state index in [1.165, 1.54) is 6.42 Å². The van der Waals surface area contributed by atoms with Crippen molar-refractivity contribution in [1.82, 2.24) is 4.90 Å². The van der Waals surface area contributed by atoms with E-state index in [0.29, 0.717) is 13.0 Å². The molecule has 2 unspecified atom stereocenters. The molecular weight excluding hydrogens is 242 g/mol. The highest BCUT2D eigenvalue weighted by molar-refractivity contribution is 5.71. The summed E-state index contributed by atoms with van der Waals surface area (Å²) in [5, 5.41) is 0. The van der Waals surface area contributed by atoms with Gasteiger partial charge in [0.2, 0.25) is 0 Å². The van der Waals surface area contributed by atoms with E-state index in [1.54, 1.807) is 7.11 Å². The summed E-state index contributed by atoms with van der Waals surface area (Å²) in [6.45, 7) is 8.49. The quantitative estimate of drug-likeness (QED) is 0.667. The van der Waals surface area contributed by atoms with Gasteiger partial charge >= 0.3 is 5.97 Å². The van der Waals surface area contributed by atoms with Crippen LogP contribution < -0.4 is 0 Å². The van der Waals surface area contributed by atoms with Gasteiger partial charge in [0.15, 0.2) is 0 Å². The summed E-state index contributed by atoms with van der Waals surface area (Å²) in [4.78, 5) is 14.4. The molecule has 0 amide bonds. The first-order valence-electron chi connectivity index (χ1n) is 7.58. The van der Waals surface area contributed by atoms with Gasteiger partial charge in [-0.2, -0.15) is 0 Å². The molecule has 0 spiro atoms. The molecule has 1 fully saturated rings. The van der Waals surface area contributed by atoms with Crippen molar-refractivity contribution in [2.24, 2.45) is 0 Å². The zero-order chi connectivity index (χ0) is 14.3. The molecule has 1 rings (SSSR count). The van der Waals surface area contributed by atoms with Crippen LogP contribution in [-0.2, 0) is 14.3 Å². The molecule has 112 valence electrons. The molecule has 1 aliphatic rings. The van der Waals surface area contributed by atoms with Crippen molar-refractivity contribution in [3.8, 4) is 0 Å². The summed E-state index contributed by atoms with van der Waals surface area (Å²) in [5.74, 6) is -0.0988. The Hall–Kier alpha value is -0.610. The third-order valence-electron chi connectivity index (χ3n) is 4.36. The van der Waals surface area contributed by atoms with Gasteiger partial charge in [0.05, 0.1) is 24.7 Å². The van der Waals surface area contributed by atoms with Crippen LogP contribution in [0.4, 0.5) is 0 Å². The maximum atomic E-state index is 12.0. The first-order chi connectivity index (χ1) is 9.14. The number of likely N-dealkylation sites (N-methyl/N-ethyl adjacent to an activating group) is 1. The van der Waals surface area contributed by atoms with Crippen molar-refractivity contribution in [1.29, 1.82) is 0 Å². The first-order valence-corrected chi connectivity index (χ1v) is 7.58. The van der Waals surface area contributed by atoms with Crippen molar-refractivity contribution >= 4 is 5.97 Å². The molecule has 0 aliphatic heterocycles. The second kappa shape index (κ2) is 7.85. The third kappa shape index (κ3) is 3.69. The Morgan fingerprint density at radius 2 is 1.95 bits per heavy atom. The Kier molecular flexibility index (Phi) is 6.80. The number of rotatable bonds is 7. The number of methoxy groups -OCH3 is 1. The molecule has 0 radical (unpaired) electrons. The minimum atomic E-state index is -0.178. The van der Waals surface area contributed by atoms with E-state index in [1.807, 2.05) is 6.92 Å². The smallest absolute Gasteiger partial charge is 0.307 e. The van der Waals surface area contributed by atoms with Gasteiger partial charge in [-0.1, -0.05) is 26.7 Å². The van der Waals surface area contributed by atoms with Crippen LogP contribution in [0.5, 0.6) is 0 Å². The van der Waals surface area contributed by atoms with E-state index in [-0.39, 0.29) is 17.6 Å². The lowest BCUT2D eigenvalue weighted by molar-refractivity contribution is -0.153. The van der Waals surface area contributed by atoms with Crippen molar-refractivity contribution in [2.75, 3.05) is 26.8 Å². The summed E-state index contributed by atoms with van der Waals surface area (Å²) >= 11 is 0. The number of carbonyl (C=O) groups excluding carboxylic acids is 1. The van der Waals surface area contributed by atoms with Crippen molar-refractivity contribution in [3.05, 3.63) is 0 Å². The van der Waals surface area contributed by atoms with Gasteiger partial charge in [-0.15, -0.1) is 0 Å². The maximum Gasteiger partial charge on any atom is 0.307 e. The third-order valence-corrected chi connectivity index (χ3v) is 4.36. The predicted molar refractivity (Wildman–Crippen MR) is 76.2 cm³/mol. The maximum absolute atomic E-state index is 12.0. The van der Waals surface area contributed by atoms with E-state index in [2.05, 4.69) is 18.7 Å². The molecule has 4 heteroatoms. The number of hydrogen-bond donors (Lipinski definition) is 0. The molecule has 0 heterocycles. The highest BCUT2D eigenvalue weighted by atomic mass is 16.5. The SMILES string of the molecule is CCOC(=O)CC1(N(CC)CC)CCCCC1OC. The summed E-state index contributed by atoms with van der Waals surface area (Å²) < 4.78 is 10.9. The molecule has 0 aromatic carbocycles.